The van der Waals surface area contributed by atoms with E-state index in [1.54, 1.807) is 24.6 Å². The number of aryl methyl sites for hydroxylation is 1. The second-order valence-corrected chi connectivity index (χ2v) is 6.19. The van der Waals surface area contributed by atoms with Gasteiger partial charge in [0.1, 0.15) is 17.4 Å². The van der Waals surface area contributed by atoms with Gasteiger partial charge >= 0.3 is 0 Å². The molecule has 0 aliphatic carbocycles. The minimum Gasteiger partial charge on any atom is -0.339 e. The lowest BCUT2D eigenvalue weighted by Crippen LogP contribution is -2.27. The van der Waals surface area contributed by atoms with E-state index in [1.807, 2.05) is 12.1 Å². The van der Waals surface area contributed by atoms with Crippen molar-refractivity contribution in [1.82, 2.24) is 25.4 Å². The summed E-state index contributed by atoms with van der Waals surface area (Å²) in [6.45, 7) is 3.87. The van der Waals surface area contributed by atoms with Crippen LogP contribution in [-0.2, 0) is 6.42 Å². The molecule has 3 aromatic heterocycles. The zero-order valence-corrected chi connectivity index (χ0v) is 14.2. The number of hydrogen-bond donors (Lipinski definition) is 1. The molecule has 0 fully saturated rings. The van der Waals surface area contributed by atoms with Gasteiger partial charge in [0, 0.05) is 11.6 Å². The van der Waals surface area contributed by atoms with Gasteiger partial charge in [-0.05, 0) is 31.9 Å². The molecule has 0 saturated heterocycles. The summed E-state index contributed by atoms with van der Waals surface area (Å²) in [6.07, 6.45) is 3.54. The number of aromatic nitrogens is 4. The molecule has 124 valence electrons. The van der Waals surface area contributed by atoms with E-state index in [1.165, 1.54) is 11.3 Å². The maximum Gasteiger partial charge on any atom is 0.271 e. The molecular weight excluding hydrogens is 326 g/mol. The van der Waals surface area contributed by atoms with Crippen LogP contribution in [0, 0.1) is 0 Å². The molecule has 0 aliphatic rings. The molecule has 1 atom stereocenters. The number of nitrogens with one attached hydrogen (secondary N) is 1. The maximum absolute atomic E-state index is 12.3. The summed E-state index contributed by atoms with van der Waals surface area (Å²) in [4.78, 5) is 25.0. The van der Waals surface area contributed by atoms with E-state index < -0.39 is 6.04 Å². The van der Waals surface area contributed by atoms with Crippen molar-refractivity contribution in [2.45, 2.75) is 32.7 Å². The Balaban J connectivity index is 1.67. The van der Waals surface area contributed by atoms with Crippen LogP contribution in [0.4, 0.5) is 0 Å². The Bertz CT molecular complexity index is 815. The van der Waals surface area contributed by atoms with Crippen molar-refractivity contribution in [3.8, 4) is 11.5 Å². The summed E-state index contributed by atoms with van der Waals surface area (Å²) in [6, 6.07) is 5.04. The van der Waals surface area contributed by atoms with Crippen LogP contribution >= 0.6 is 11.3 Å². The number of thiazole rings is 1. The molecule has 3 aromatic rings. The first-order valence-electron chi connectivity index (χ1n) is 7.67. The monoisotopic (exact) mass is 343 g/mol. The lowest BCUT2D eigenvalue weighted by molar-refractivity contribution is 0.0928. The van der Waals surface area contributed by atoms with E-state index in [9.17, 15) is 4.79 Å². The highest BCUT2D eigenvalue weighted by molar-refractivity contribution is 7.09. The zero-order chi connectivity index (χ0) is 16.9. The number of amides is 1. The predicted octanol–water partition coefficient (Wildman–Crippen LogP) is 3.03. The summed E-state index contributed by atoms with van der Waals surface area (Å²) in [5.41, 5.74) is 1.04. The molecule has 0 aromatic carbocycles. The average Bonchev–Trinajstić information content (AvgIpc) is 3.25. The lowest BCUT2D eigenvalue weighted by atomic mass is 10.3. The van der Waals surface area contributed by atoms with Gasteiger partial charge in [-0.2, -0.15) is 4.98 Å². The molecule has 7 nitrogen and oxygen atoms in total. The lowest BCUT2D eigenvalue weighted by Gasteiger charge is -2.07. The predicted molar refractivity (Wildman–Crippen MR) is 89.5 cm³/mol. The minimum absolute atomic E-state index is 0.251. The van der Waals surface area contributed by atoms with E-state index in [-0.39, 0.29) is 5.91 Å². The Hall–Kier alpha value is -2.61. The zero-order valence-electron chi connectivity index (χ0n) is 13.4. The van der Waals surface area contributed by atoms with Crippen LogP contribution < -0.4 is 5.32 Å². The van der Waals surface area contributed by atoms with Crippen LogP contribution in [-0.4, -0.2) is 26.0 Å². The first-order valence-corrected chi connectivity index (χ1v) is 8.55. The molecule has 0 saturated carbocycles. The minimum atomic E-state index is -0.418. The Morgan fingerprint density at radius 3 is 3.00 bits per heavy atom. The van der Waals surface area contributed by atoms with Gasteiger partial charge in [0.05, 0.1) is 5.01 Å². The fourth-order valence-electron chi connectivity index (χ4n) is 2.09. The fourth-order valence-corrected chi connectivity index (χ4v) is 2.97. The Labute approximate surface area is 143 Å². The van der Waals surface area contributed by atoms with Gasteiger partial charge in [-0.1, -0.05) is 18.1 Å². The third-order valence-electron chi connectivity index (χ3n) is 3.30. The first kappa shape index (κ1) is 16.3. The number of hydrogen-bond acceptors (Lipinski definition) is 7. The van der Waals surface area contributed by atoms with Crippen LogP contribution in [0.15, 0.2) is 34.3 Å². The van der Waals surface area contributed by atoms with Gasteiger partial charge in [0.25, 0.3) is 5.91 Å². The van der Waals surface area contributed by atoms with Crippen molar-refractivity contribution in [1.29, 1.82) is 0 Å². The smallest absolute Gasteiger partial charge is 0.271 e. The molecule has 3 heterocycles. The van der Waals surface area contributed by atoms with Gasteiger partial charge in [-0.3, -0.25) is 9.78 Å². The summed E-state index contributed by atoms with van der Waals surface area (Å²) < 4.78 is 5.23. The molecule has 3 rings (SSSR count). The molecule has 1 amide bonds. The fraction of sp³-hybridized carbons (Fsp3) is 0.312. The van der Waals surface area contributed by atoms with E-state index in [2.05, 4.69) is 32.3 Å². The maximum atomic E-state index is 12.3. The second-order valence-electron chi connectivity index (χ2n) is 5.24. The van der Waals surface area contributed by atoms with Crippen molar-refractivity contribution in [2.75, 3.05) is 0 Å². The van der Waals surface area contributed by atoms with Gasteiger partial charge in [0.15, 0.2) is 0 Å². The van der Waals surface area contributed by atoms with Crippen LogP contribution in [0.3, 0.4) is 0 Å². The van der Waals surface area contributed by atoms with E-state index in [0.717, 1.165) is 17.8 Å². The number of carbonyl (C=O) groups excluding carboxylic acids is 1. The van der Waals surface area contributed by atoms with Crippen LogP contribution in [0.1, 0.15) is 47.7 Å². The van der Waals surface area contributed by atoms with Gasteiger partial charge in [0.2, 0.25) is 11.7 Å². The van der Waals surface area contributed by atoms with Crippen molar-refractivity contribution < 1.29 is 9.32 Å². The third kappa shape index (κ3) is 3.65. The number of nitrogens with zero attached hydrogens (tertiary/aromatic N) is 4. The molecule has 24 heavy (non-hydrogen) atoms. The van der Waals surface area contributed by atoms with Crippen molar-refractivity contribution in [3.05, 3.63) is 46.4 Å². The van der Waals surface area contributed by atoms with Crippen LogP contribution in [0.5, 0.6) is 0 Å². The van der Waals surface area contributed by atoms with Gasteiger partial charge < -0.3 is 9.84 Å². The summed E-state index contributed by atoms with van der Waals surface area (Å²) in [7, 11) is 0. The highest BCUT2D eigenvalue weighted by Gasteiger charge is 2.19. The number of rotatable bonds is 6. The Morgan fingerprint density at radius 2 is 2.25 bits per heavy atom. The van der Waals surface area contributed by atoms with Gasteiger partial charge in [-0.15, -0.1) is 11.3 Å². The molecule has 1 N–H and O–H groups in total. The highest BCUT2D eigenvalue weighted by Crippen LogP contribution is 2.17. The number of pyridine rings is 1. The summed E-state index contributed by atoms with van der Waals surface area (Å²) in [5.74, 6) is 0.470. The Morgan fingerprint density at radius 1 is 1.38 bits per heavy atom. The Kier molecular flexibility index (Phi) is 4.95. The van der Waals surface area contributed by atoms with E-state index in [4.69, 9.17) is 4.52 Å². The summed E-state index contributed by atoms with van der Waals surface area (Å²) in [5, 5.41) is 9.45. The SMILES string of the molecule is CCCc1nc(C(=O)N[C@@H](C)c2nc(-c3ccccn3)no2)cs1. The molecule has 0 radical (unpaired) electrons. The van der Waals surface area contributed by atoms with Crippen LogP contribution in [0.25, 0.3) is 11.5 Å². The van der Waals surface area contributed by atoms with Gasteiger partial charge in [-0.25, -0.2) is 4.98 Å². The molecule has 0 aliphatic heterocycles. The molecule has 0 bridgehead atoms. The average molecular weight is 343 g/mol. The topological polar surface area (TPSA) is 93.8 Å². The largest absolute Gasteiger partial charge is 0.339 e. The van der Waals surface area contributed by atoms with Crippen LogP contribution in [0.2, 0.25) is 0 Å². The highest BCUT2D eigenvalue weighted by atomic mass is 32.1. The first-order chi connectivity index (χ1) is 11.7. The van der Waals surface area contributed by atoms with Crippen molar-refractivity contribution in [2.24, 2.45) is 0 Å². The molecular formula is C16H17N5O2S. The molecule has 0 unspecified atom stereocenters. The van der Waals surface area contributed by atoms with Crippen molar-refractivity contribution in [3.63, 3.8) is 0 Å². The molecule has 8 heteroatoms. The summed E-state index contributed by atoms with van der Waals surface area (Å²) >= 11 is 1.50. The number of carbonyl (C=O) groups is 1. The standard InChI is InChI=1S/C16H17N5O2S/c1-3-6-13-19-12(9-24-13)15(22)18-10(2)16-20-14(21-23-16)11-7-4-5-8-17-11/h4-5,7-10H,3,6H2,1-2H3,(H,18,22)/t10-/m0/s1. The van der Waals surface area contributed by atoms with E-state index >= 15 is 0 Å². The van der Waals surface area contributed by atoms with Crippen molar-refractivity contribution >= 4 is 17.2 Å². The second kappa shape index (κ2) is 7.31. The quantitative estimate of drug-likeness (QED) is 0.739. The van der Waals surface area contributed by atoms with E-state index in [0.29, 0.717) is 23.1 Å². The third-order valence-corrected chi connectivity index (χ3v) is 4.21. The normalized spacial score (nSPS) is 12.1. The molecule has 0 spiro atoms.